The molecule has 1 nitrogen and oxygen atoms in total. The lowest BCUT2D eigenvalue weighted by Crippen LogP contribution is -2.38. The predicted octanol–water partition coefficient (Wildman–Crippen LogP) is 7.02. The molecule has 0 aliphatic carbocycles. The maximum absolute atomic E-state index is 6.47. The van der Waals surface area contributed by atoms with Gasteiger partial charge in [0.15, 0.2) is 8.32 Å². The highest BCUT2D eigenvalue weighted by Gasteiger charge is 2.30. The molecule has 1 atom stereocenters. The normalized spacial score (nSPS) is 14.5. The summed E-state index contributed by atoms with van der Waals surface area (Å²) in [5, 5.41) is 0. The summed E-state index contributed by atoms with van der Waals surface area (Å²) in [5.74, 6) is 0. The molecule has 130 valence electrons. The first-order chi connectivity index (χ1) is 10.4. The van der Waals surface area contributed by atoms with Crippen LogP contribution in [0.25, 0.3) is 0 Å². The van der Waals surface area contributed by atoms with E-state index in [0.717, 1.165) is 0 Å². The number of hydrogen-bond acceptors (Lipinski definition) is 1. The van der Waals surface area contributed by atoms with Gasteiger partial charge in [-0.25, -0.2) is 0 Å². The SMILES string of the molecule is C=C(/C=C/C(C)O[Si](CC)(CC)CC)C[Si](CC)(CC)CC. The van der Waals surface area contributed by atoms with Crippen molar-refractivity contribution in [1.29, 1.82) is 0 Å². The Morgan fingerprint density at radius 2 is 1.36 bits per heavy atom. The second-order valence-electron chi connectivity index (χ2n) is 6.82. The van der Waals surface area contributed by atoms with Gasteiger partial charge in [-0.2, -0.15) is 0 Å². The summed E-state index contributed by atoms with van der Waals surface area (Å²) in [7, 11) is -2.60. The lowest BCUT2D eigenvalue weighted by molar-refractivity contribution is 0.252. The summed E-state index contributed by atoms with van der Waals surface area (Å²) in [5.41, 5.74) is 1.31. The van der Waals surface area contributed by atoms with Crippen LogP contribution < -0.4 is 0 Å². The van der Waals surface area contributed by atoms with E-state index in [1.165, 1.54) is 47.9 Å². The van der Waals surface area contributed by atoms with Crippen LogP contribution in [0.4, 0.5) is 0 Å². The fourth-order valence-corrected chi connectivity index (χ4v) is 9.57. The molecule has 0 fully saturated rings. The third kappa shape index (κ3) is 6.55. The van der Waals surface area contributed by atoms with Crippen molar-refractivity contribution in [3.63, 3.8) is 0 Å². The van der Waals surface area contributed by atoms with Gasteiger partial charge in [0.1, 0.15) is 0 Å². The molecule has 0 saturated heterocycles. The average Bonchev–Trinajstić information content (AvgIpc) is 2.56. The highest BCUT2D eigenvalue weighted by atomic mass is 28.4. The van der Waals surface area contributed by atoms with Crippen molar-refractivity contribution < 1.29 is 4.43 Å². The molecule has 22 heavy (non-hydrogen) atoms. The lowest BCUT2D eigenvalue weighted by atomic mass is 10.2. The number of hydrogen-bond donors (Lipinski definition) is 0. The maximum atomic E-state index is 6.47. The van der Waals surface area contributed by atoms with Crippen molar-refractivity contribution in [2.45, 2.75) is 96.9 Å². The molecule has 0 bridgehead atoms. The Morgan fingerprint density at radius 1 is 0.909 bits per heavy atom. The van der Waals surface area contributed by atoms with Gasteiger partial charge in [0.25, 0.3) is 0 Å². The Balaban J connectivity index is 4.67. The van der Waals surface area contributed by atoms with E-state index in [0.29, 0.717) is 0 Å². The Hall–Kier alpha value is -0.126. The van der Waals surface area contributed by atoms with Crippen LogP contribution in [-0.4, -0.2) is 22.5 Å². The first kappa shape index (κ1) is 21.9. The average molecular weight is 341 g/mol. The summed E-state index contributed by atoms with van der Waals surface area (Å²) in [4.78, 5) is 0. The van der Waals surface area contributed by atoms with Crippen LogP contribution in [-0.2, 0) is 4.43 Å². The summed E-state index contributed by atoms with van der Waals surface area (Å²) in [6.07, 6.45) is 4.71. The van der Waals surface area contributed by atoms with E-state index in [1.54, 1.807) is 0 Å². The molecule has 3 heteroatoms. The Bertz CT molecular complexity index is 325. The molecule has 0 saturated carbocycles. The monoisotopic (exact) mass is 340 g/mol. The highest BCUT2D eigenvalue weighted by molar-refractivity contribution is 6.80. The van der Waals surface area contributed by atoms with E-state index in [1.807, 2.05) is 0 Å². The van der Waals surface area contributed by atoms with Crippen LogP contribution >= 0.6 is 0 Å². The molecule has 0 aromatic carbocycles. The van der Waals surface area contributed by atoms with Crippen molar-refractivity contribution in [3.05, 3.63) is 24.3 Å². The summed E-state index contributed by atoms with van der Waals surface area (Å²) in [6, 6.07) is 9.02. The highest BCUT2D eigenvalue weighted by Crippen LogP contribution is 2.29. The van der Waals surface area contributed by atoms with Crippen molar-refractivity contribution in [1.82, 2.24) is 0 Å². The lowest BCUT2D eigenvalue weighted by Gasteiger charge is -2.31. The van der Waals surface area contributed by atoms with E-state index >= 15 is 0 Å². The smallest absolute Gasteiger partial charge is 0.192 e. The molecule has 0 heterocycles. The van der Waals surface area contributed by atoms with Gasteiger partial charge in [-0.15, -0.1) is 0 Å². The van der Waals surface area contributed by atoms with Crippen LogP contribution in [0.3, 0.4) is 0 Å². The van der Waals surface area contributed by atoms with Gasteiger partial charge in [-0.05, 0) is 31.1 Å². The zero-order valence-electron chi connectivity index (χ0n) is 16.3. The van der Waals surface area contributed by atoms with E-state index in [2.05, 4.69) is 67.2 Å². The first-order valence-electron chi connectivity index (χ1n) is 9.40. The second kappa shape index (κ2) is 10.6. The van der Waals surface area contributed by atoms with Gasteiger partial charge >= 0.3 is 0 Å². The van der Waals surface area contributed by atoms with Crippen LogP contribution in [0.1, 0.15) is 48.5 Å². The quantitative estimate of drug-likeness (QED) is 0.274. The van der Waals surface area contributed by atoms with E-state index in [-0.39, 0.29) is 6.10 Å². The molecule has 0 amide bonds. The third-order valence-corrected chi connectivity index (χ3v) is 16.3. The van der Waals surface area contributed by atoms with Crippen molar-refractivity contribution in [2.24, 2.45) is 0 Å². The molecular formula is C19H40OSi2. The fourth-order valence-electron chi connectivity index (χ4n) is 3.37. The van der Waals surface area contributed by atoms with Crippen LogP contribution in [0.5, 0.6) is 0 Å². The molecule has 0 rings (SSSR count). The van der Waals surface area contributed by atoms with Crippen LogP contribution in [0, 0.1) is 0 Å². The van der Waals surface area contributed by atoms with Crippen molar-refractivity contribution in [2.75, 3.05) is 0 Å². The van der Waals surface area contributed by atoms with Gasteiger partial charge < -0.3 is 4.43 Å². The largest absolute Gasteiger partial charge is 0.411 e. The maximum Gasteiger partial charge on any atom is 0.192 e. The van der Waals surface area contributed by atoms with Crippen molar-refractivity contribution >= 4 is 16.4 Å². The van der Waals surface area contributed by atoms with Gasteiger partial charge in [0, 0.05) is 0 Å². The van der Waals surface area contributed by atoms with Crippen molar-refractivity contribution in [3.8, 4) is 0 Å². The van der Waals surface area contributed by atoms with Crippen LogP contribution in [0.2, 0.25) is 42.3 Å². The Labute approximate surface area is 142 Å². The van der Waals surface area contributed by atoms with Crippen LogP contribution in [0.15, 0.2) is 24.3 Å². The Morgan fingerprint density at radius 3 is 1.73 bits per heavy atom. The predicted molar refractivity (Wildman–Crippen MR) is 108 cm³/mol. The van der Waals surface area contributed by atoms with Gasteiger partial charge in [0.05, 0.1) is 14.2 Å². The van der Waals surface area contributed by atoms with E-state index < -0.39 is 16.4 Å². The molecule has 0 aromatic heterocycles. The standard InChI is InChI=1S/C19H40OSi2/c1-9-21(10-2,11-3)17-18(7)15-16-19(8)20-22(12-4,13-5)14-6/h15-16,19H,7,9-14,17H2,1-6,8H3/b16-15+. The minimum Gasteiger partial charge on any atom is -0.411 e. The van der Waals surface area contributed by atoms with Gasteiger partial charge in [-0.3, -0.25) is 0 Å². The molecule has 0 N–H and O–H groups in total. The van der Waals surface area contributed by atoms with Gasteiger partial charge in [-0.1, -0.05) is 84.0 Å². The minimum absolute atomic E-state index is 0.226. The molecule has 0 radical (unpaired) electrons. The molecule has 0 spiro atoms. The topological polar surface area (TPSA) is 9.23 Å². The summed E-state index contributed by atoms with van der Waals surface area (Å²) >= 11 is 0. The Kier molecular flexibility index (Phi) is 10.6. The zero-order chi connectivity index (χ0) is 17.2. The van der Waals surface area contributed by atoms with E-state index in [9.17, 15) is 0 Å². The van der Waals surface area contributed by atoms with E-state index in [4.69, 9.17) is 4.43 Å². The first-order valence-corrected chi connectivity index (χ1v) is 14.8. The molecular weight excluding hydrogens is 300 g/mol. The molecule has 0 aliphatic rings. The zero-order valence-corrected chi connectivity index (χ0v) is 18.3. The number of rotatable bonds is 12. The van der Waals surface area contributed by atoms with Gasteiger partial charge in [0.2, 0.25) is 0 Å². The second-order valence-corrected chi connectivity index (χ2v) is 17.0. The fraction of sp³-hybridized carbons (Fsp3) is 0.789. The summed E-state index contributed by atoms with van der Waals surface area (Å²) < 4.78 is 6.47. The summed E-state index contributed by atoms with van der Waals surface area (Å²) in [6.45, 7) is 20.5. The third-order valence-electron chi connectivity index (χ3n) is 5.82. The minimum atomic E-state index is -1.49. The molecule has 0 aliphatic heterocycles. The number of allylic oxidation sites excluding steroid dienone is 2. The molecule has 0 aromatic rings. The molecule has 1 unspecified atom stereocenters.